The third-order valence-electron chi connectivity index (χ3n) is 9.79. The third-order valence-corrected chi connectivity index (χ3v) is 10.8. The summed E-state index contributed by atoms with van der Waals surface area (Å²) in [5.74, 6) is 4.73. The van der Waals surface area contributed by atoms with Crippen LogP contribution in [0.1, 0.15) is 71.1 Å². The molecule has 3 nitrogen and oxygen atoms in total. The number of fused-ring (bicyclic) bond motifs is 6. The van der Waals surface area contributed by atoms with E-state index in [4.69, 9.17) is 14.2 Å². The Morgan fingerprint density at radius 1 is 0.829 bits per heavy atom. The summed E-state index contributed by atoms with van der Waals surface area (Å²) in [5, 5.41) is 4.47. The molecule has 3 atom stereocenters. The molecular formula is C37H30O3S. The zero-order chi connectivity index (χ0) is 27.1. The van der Waals surface area contributed by atoms with E-state index in [-0.39, 0.29) is 0 Å². The largest absolute Gasteiger partial charge is 0.497 e. The molecular weight excluding hydrogens is 524 g/mol. The van der Waals surface area contributed by atoms with E-state index in [9.17, 15) is 0 Å². The molecule has 2 aliphatic carbocycles. The van der Waals surface area contributed by atoms with Crippen LogP contribution in [0, 0.1) is 0 Å². The van der Waals surface area contributed by atoms with Crippen LogP contribution in [-0.4, -0.2) is 7.11 Å². The van der Waals surface area contributed by atoms with Crippen molar-refractivity contribution in [1.29, 1.82) is 0 Å². The lowest BCUT2D eigenvalue weighted by Crippen LogP contribution is -2.34. The van der Waals surface area contributed by atoms with Gasteiger partial charge < -0.3 is 14.2 Å². The Balaban J connectivity index is 1.36. The molecule has 9 rings (SSSR count). The quantitative estimate of drug-likeness (QED) is 0.218. The minimum atomic E-state index is -0.726. The predicted octanol–water partition coefficient (Wildman–Crippen LogP) is 10.2. The summed E-state index contributed by atoms with van der Waals surface area (Å²) in [6.45, 7) is 0. The molecule has 0 radical (unpaired) electrons. The smallest absolute Gasteiger partial charge is 0.187 e. The number of hydrogen-bond donors (Lipinski definition) is 0. The molecule has 1 fully saturated rings. The van der Waals surface area contributed by atoms with Crippen molar-refractivity contribution < 1.29 is 14.2 Å². The Hall–Kier alpha value is -4.02. The normalized spacial score (nSPS) is 23.1. The van der Waals surface area contributed by atoms with Crippen molar-refractivity contribution in [3.05, 3.63) is 111 Å². The highest BCUT2D eigenvalue weighted by Crippen LogP contribution is 2.63. The van der Waals surface area contributed by atoms with Crippen molar-refractivity contribution >= 4 is 28.2 Å². The van der Waals surface area contributed by atoms with Crippen LogP contribution < -0.4 is 14.2 Å². The molecule has 1 saturated carbocycles. The molecule has 41 heavy (non-hydrogen) atoms. The van der Waals surface area contributed by atoms with Crippen LogP contribution in [0.15, 0.2) is 84.3 Å². The predicted molar refractivity (Wildman–Crippen MR) is 166 cm³/mol. The van der Waals surface area contributed by atoms with Crippen molar-refractivity contribution in [3.63, 3.8) is 0 Å². The van der Waals surface area contributed by atoms with E-state index < -0.39 is 5.60 Å². The minimum Gasteiger partial charge on any atom is -0.497 e. The lowest BCUT2D eigenvalue weighted by molar-refractivity contribution is 0.167. The van der Waals surface area contributed by atoms with Gasteiger partial charge in [-0.25, -0.2) is 0 Å². The molecule has 0 amide bonds. The molecule has 3 unspecified atom stereocenters. The highest BCUT2D eigenvalue weighted by molar-refractivity contribution is 7.10. The number of thiophene rings is 1. The van der Waals surface area contributed by atoms with Gasteiger partial charge in [0.25, 0.3) is 0 Å². The van der Waals surface area contributed by atoms with Gasteiger partial charge in [0.05, 0.1) is 12.0 Å². The summed E-state index contributed by atoms with van der Waals surface area (Å²) < 4.78 is 19.6. The van der Waals surface area contributed by atoms with Crippen molar-refractivity contribution in [2.75, 3.05) is 7.11 Å². The van der Waals surface area contributed by atoms with Crippen molar-refractivity contribution in [2.24, 2.45) is 0 Å². The van der Waals surface area contributed by atoms with Crippen LogP contribution in [0.3, 0.4) is 0 Å². The lowest BCUT2D eigenvalue weighted by Gasteiger charge is -2.42. The average molecular weight is 555 g/mol. The molecule has 0 spiro atoms. The summed E-state index contributed by atoms with van der Waals surface area (Å²) in [7, 11) is 1.71. The van der Waals surface area contributed by atoms with Crippen molar-refractivity contribution in [2.45, 2.75) is 49.5 Å². The SMILES string of the molecule is COc1ccc(C2(c3cccs3)C=Cc3c4c5c6c(cccc6c3O2)Oc2cccc(c2-5)C2CCCCCC42)cc1. The summed E-state index contributed by atoms with van der Waals surface area (Å²) in [5.41, 5.74) is 7.27. The minimum absolute atomic E-state index is 0.475. The standard InChI is InChI=1S/C37H30O3S/c1-38-23-17-15-22(16-18-23)37(31-14-7-21-41-31)20-19-28-32-25-9-4-2-3-8-24(25)26-10-5-12-29-33(26)35(32)34-27(36(28)40-37)11-6-13-30(34)39-29/h5-7,10-21,24-25H,2-4,8-9H2,1H3. The zero-order valence-electron chi connectivity index (χ0n) is 23.0. The molecule has 0 bridgehead atoms. The second-order valence-corrected chi connectivity index (χ2v) is 12.7. The summed E-state index contributed by atoms with van der Waals surface area (Å²) in [6, 6.07) is 25.8. The van der Waals surface area contributed by atoms with E-state index in [2.05, 4.69) is 78.2 Å². The maximum Gasteiger partial charge on any atom is 0.187 e. The highest BCUT2D eigenvalue weighted by atomic mass is 32.1. The Labute approximate surface area is 244 Å². The maximum absolute atomic E-state index is 7.40. The first-order chi connectivity index (χ1) is 20.3. The fourth-order valence-corrected chi connectivity index (χ4v) is 8.89. The Morgan fingerprint density at radius 3 is 2.49 bits per heavy atom. The molecule has 5 aromatic rings. The zero-order valence-corrected chi connectivity index (χ0v) is 23.8. The van der Waals surface area contributed by atoms with Crippen LogP contribution in [0.5, 0.6) is 23.0 Å². The number of methoxy groups -OCH3 is 1. The van der Waals surface area contributed by atoms with Gasteiger partial charge in [-0.1, -0.05) is 67.8 Å². The van der Waals surface area contributed by atoms with Gasteiger partial charge >= 0.3 is 0 Å². The van der Waals surface area contributed by atoms with Gasteiger partial charge in [-0.05, 0) is 77.6 Å². The van der Waals surface area contributed by atoms with E-state index in [1.54, 1.807) is 18.4 Å². The first kappa shape index (κ1) is 23.7. The van der Waals surface area contributed by atoms with Crippen LogP contribution >= 0.6 is 11.3 Å². The summed E-state index contributed by atoms with van der Waals surface area (Å²) in [6.07, 6.45) is 11.0. The fourth-order valence-electron chi connectivity index (χ4n) is 8.03. The molecule has 202 valence electrons. The van der Waals surface area contributed by atoms with Crippen LogP contribution in [0.4, 0.5) is 0 Å². The van der Waals surface area contributed by atoms with Crippen molar-refractivity contribution in [1.82, 2.24) is 0 Å². The number of hydrogen-bond acceptors (Lipinski definition) is 4. The first-order valence-electron chi connectivity index (χ1n) is 14.8. The molecule has 2 aliphatic heterocycles. The van der Waals surface area contributed by atoms with Gasteiger partial charge in [0.2, 0.25) is 0 Å². The van der Waals surface area contributed by atoms with E-state index in [0.717, 1.165) is 38.8 Å². The van der Waals surface area contributed by atoms with E-state index in [1.165, 1.54) is 65.3 Å². The lowest BCUT2D eigenvalue weighted by atomic mass is 9.66. The van der Waals surface area contributed by atoms with Crippen molar-refractivity contribution in [3.8, 4) is 34.1 Å². The summed E-state index contributed by atoms with van der Waals surface area (Å²) >= 11 is 1.73. The highest BCUT2D eigenvalue weighted by Gasteiger charge is 2.45. The molecule has 0 N–H and O–H groups in total. The van der Waals surface area contributed by atoms with Crippen LogP contribution in [-0.2, 0) is 5.60 Å². The van der Waals surface area contributed by atoms with E-state index in [0.29, 0.717) is 11.8 Å². The van der Waals surface area contributed by atoms with Gasteiger partial charge in [0, 0.05) is 33.0 Å². The van der Waals surface area contributed by atoms with Gasteiger partial charge in [-0.3, -0.25) is 0 Å². The molecule has 1 aromatic heterocycles. The third kappa shape index (κ3) is 3.20. The molecule has 4 aliphatic rings. The van der Waals surface area contributed by atoms with E-state index in [1.807, 2.05) is 12.1 Å². The molecule has 3 heterocycles. The van der Waals surface area contributed by atoms with Crippen LogP contribution in [0.25, 0.3) is 28.0 Å². The molecule has 4 heteroatoms. The second-order valence-electron chi connectivity index (χ2n) is 11.8. The number of ether oxygens (including phenoxy) is 3. The van der Waals surface area contributed by atoms with Crippen LogP contribution in [0.2, 0.25) is 0 Å². The Kier molecular flexibility index (Phi) is 5.04. The molecule has 4 aromatic carbocycles. The first-order valence-corrected chi connectivity index (χ1v) is 15.7. The van der Waals surface area contributed by atoms with Gasteiger partial charge in [0.1, 0.15) is 23.0 Å². The number of rotatable bonds is 3. The van der Waals surface area contributed by atoms with Gasteiger partial charge in [-0.2, -0.15) is 0 Å². The van der Waals surface area contributed by atoms with E-state index >= 15 is 0 Å². The fraction of sp³-hybridized carbons (Fsp3) is 0.243. The maximum atomic E-state index is 7.40. The van der Waals surface area contributed by atoms with Gasteiger partial charge in [-0.15, -0.1) is 11.3 Å². The Morgan fingerprint density at radius 2 is 1.66 bits per heavy atom. The monoisotopic (exact) mass is 554 g/mol. The molecule has 0 saturated heterocycles. The van der Waals surface area contributed by atoms with Gasteiger partial charge in [0.15, 0.2) is 5.60 Å². The second kappa shape index (κ2) is 8.74. The average Bonchev–Trinajstić information content (AvgIpc) is 3.46. The topological polar surface area (TPSA) is 27.7 Å². The number of benzene rings is 4. The summed E-state index contributed by atoms with van der Waals surface area (Å²) in [4.78, 5) is 1.16. The Bertz CT molecular complexity index is 1870.